The Morgan fingerprint density at radius 2 is 2.06 bits per heavy atom. The Morgan fingerprint density at radius 3 is 2.74 bits per heavy atom. The van der Waals surface area contributed by atoms with Crippen LogP contribution in [0.3, 0.4) is 0 Å². The Labute approximate surface area is 204 Å². The van der Waals surface area contributed by atoms with E-state index in [0.29, 0.717) is 34.7 Å². The maximum Gasteiger partial charge on any atom is 0.225 e. The molecule has 1 atom stereocenters. The molecule has 2 N–H and O–H groups in total. The highest BCUT2D eigenvalue weighted by Gasteiger charge is 2.34. The van der Waals surface area contributed by atoms with Gasteiger partial charge < -0.3 is 19.5 Å². The van der Waals surface area contributed by atoms with E-state index in [0.717, 1.165) is 42.7 Å². The largest absolute Gasteiger partial charge is 0.396 e. The van der Waals surface area contributed by atoms with Crippen molar-refractivity contribution >= 4 is 23.2 Å². The molecule has 1 aliphatic carbocycles. The van der Waals surface area contributed by atoms with Crippen molar-refractivity contribution in [3.05, 3.63) is 46.4 Å². The van der Waals surface area contributed by atoms with Crippen molar-refractivity contribution in [2.24, 2.45) is 5.92 Å². The van der Waals surface area contributed by atoms with Gasteiger partial charge in [-0.15, -0.1) is 10.2 Å². The monoisotopic (exact) mass is 485 g/mol. The molecule has 1 aromatic carbocycles. The predicted molar refractivity (Wildman–Crippen MR) is 131 cm³/mol. The number of rotatable bonds is 11. The summed E-state index contributed by atoms with van der Waals surface area (Å²) >= 11 is 6.03. The molecule has 9 heteroatoms. The SMILES string of the molecule is Cc1cc(Cl)ccc1NC(=O)C[C@H](CCO)c1nnc(-c2cc(CCC(C)C)on2)n1C1CC1. The average Bonchev–Trinajstić information content (AvgIpc) is 3.35. The summed E-state index contributed by atoms with van der Waals surface area (Å²) in [7, 11) is 0. The number of hydrogen-bond acceptors (Lipinski definition) is 6. The second kappa shape index (κ2) is 10.7. The van der Waals surface area contributed by atoms with E-state index in [2.05, 4.69) is 39.1 Å². The summed E-state index contributed by atoms with van der Waals surface area (Å²) in [6.07, 6.45) is 4.50. The van der Waals surface area contributed by atoms with Crippen LogP contribution < -0.4 is 5.32 Å². The van der Waals surface area contributed by atoms with Crippen LogP contribution in [0.1, 0.15) is 75.1 Å². The van der Waals surface area contributed by atoms with Crippen molar-refractivity contribution < 1.29 is 14.4 Å². The van der Waals surface area contributed by atoms with Crippen molar-refractivity contribution in [1.82, 2.24) is 19.9 Å². The summed E-state index contributed by atoms with van der Waals surface area (Å²) in [5.74, 6) is 2.37. The third kappa shape index (κ3) is 5.85. The fraction of sp³-hybridized carbons (Fsp3) is 0.520. The molecule has 34 heavy (non-hydrogen) atoms. The van der Waals surface area contributed by atoms with E-state index < -0.39 is 0 Å². The Morgan fingerprint density at radius 1 is 1.26 bits per heavy atom. The van der Waals surface area contributed by atoms with Gasteiger partial charge in [0, 0.05) is 48.2 Å². The van der Waals surface area contributed by atoms with E-state index >= 15 is 0 Å². The number of nitrogens with zero attached hydrogens (tertiary/aromatic N) is 4. The minimum atomic E-state index is -0.272. The lowest BCUT2D eigenvalue weighted by Gasteiger charge is -2.17. The van der Waals surface area contributed by atoms with Crippen LogP contribution in [0.4, 0.5) is 5.69 Å². The van der Waals surface area contributed by atoms with E-state index in [1.54, 1.807) is 12.1 Å². The van der Waals surface area contributed by atoms with Gasteiger partial charge in [-0.2, -0.15) is 0 Å². The third-order valence-electron chi connectivity index (χ3n) is 6.13. The molecule has 182 valence electrons. The fourth-order valence-electron chi connectivity index (χ4n) is 4.09. The van der Waals surface area contributed by atoms with Crippen LogP contribution in [0.5, 0.6) is 0 Å². The predicted octanol–water partition coefficient (Wildman–Crippen LogP) is 5.31. The minimum Gasteiger partial charge on any atom is -0.396 e. The van der Waals surface area contributed by atoms with Crippen LogP contribution in [-0.2, 0) is 11.2 Å². The molecule has 0 unspecified atom stereocenters. The highest BCUT2D eigenvalue weighted by molar-refractivity contribution is 6.30. The van der Waals surface area contributed by atoms with Gasteiger partial charge in [-0.1, -0.05) is 30.6 Å². The number of hydrogen-bond donors (Lipinski definition) is 2. The molecule has 0 bridgehead atoms. The fourth-order valence-corrected chi connectivity index (χ4v) is 4.31. The molecular weight excluding hydrogens is 454 g/mol. The van der Waals surface area contributed by atoms with E-state index in [4.69, 9.17) is 16.1 Å². The summed E-state index contributed by atoms with van der Waals surface area (Å²) in [6.45, 7) is 6.21. The van der Waals surface area contributed by atoms with E-state index in [-0.39, 0.29) is 30.9 Å². The number of nitrogens with one attached hydrogen (secondary N) is 1. The Bertz CT molecular complexity index is 1140. The van der Waals surface area contributed by atoms with Gasteiger partial charge in [-0.25, -0.2) is 0 Å². The van der Waals surface area contributed by atoms with Gasteiger partial charge in [0.2, 0.25) is 5.91 Å². The molecule has 2 aromatic heterocycles. The van der Waals surface area contributed by atoms with Gasteiger partial charge in [-0.05, 0) is 62.3 Å². The van der Waals surface area contributed by atoms with Crippen LogP contribution in [0.2, 0.25) is 5.02 Å². The molecule has 0 spiro atoms. The van der Waals surface area contributed by atoms with Crippen molar-refractivity contribution in [3.8, 4) is 11.5 Å². The normalized spacial score (nSPS) is 14.5. The van der Waals surface area contributed by atoms with E-state index in [9.17, 15) is 9.90 Å². The molecule has 1 amide bonds. The van der Waals surface area contributed by atoms with E-state index in [1.807, 2.05) is 19.1 Å². The number of aliphatic hydroxyl groups is 1. The Balaban J connectivity index is 1.55. The Kier molecular flexibility index (Phi) is 7.68. The van der Waals surface area contributed by atoms with E-state index in [1.165, 1.54) is 0 Å². The zero-order valence-electron chi connectivity index (χ0n) is 19.9. The summed E-state index contributed by atoms with van der Waals surface area (Å²) in [5, 5.41) is 26.5. The number of carbonyl (C=O) groups is 1. The van der Waals surface area contributed by atoms with Crippen molar-refractivity contribution in [2.75, 3.05) is 11.9 Å². The molecule has 3 aromatic rings. The topological polar surface area (TPSA) is 106 Å². The molecule has 0 aliphatic heterocycles. The number of aromatic nitrogens is 4. The van der Waals surface area contributed by atoms with Crippen molar-refractivity contribution in [1.29, 1.82) is 0 Å². The smallest absolute Gasteiger partial charge is 0.225 e. The molecular formula is C25H32ClN5O3. The summed E-state index contributed by atoms with van der Waals surface area (Å²) < 4.78 is 7.64. The summed E-state index contributed by atoms with van der Waals surface area (Å²) in [5.41, 5.74) is 2.27. The zero-order valence-corrected chi connectivity index (χ0v) is 20.7. The lowest BCUT2D eigenvalue weighted by molar-refractivity contribution is -0.116. The molecule has 2 heterocycles. The second-order valence-electron chi connectivity index (χ2n) is 9.51. The molecule has 1 saturated carbocycles. The maximum absolute atomic E-state index is 12.9. The number of aryl methyl sites for hydroxylation is 2. The average molecular weight is 486 g/mol. The highest BCUT2D eigenvalue weighted by Crippen LogP contribution is 2.41. The maximum atomic E-state index is 12.9. The molecule has 0 saturated heterocycles. The third-order valence-corrected chi connectivity index (χ3v) is 6.36. The van der Waals surface area contributed by atoms with Gasteiger partial charge in [-0.3, -0.25) is 4.79 Å². The first-order chi connectivity index (χ1) is 16.4. The number of amides is 1. The molecule has 1 aliphatic rings. The van der Waals surface area contributed by atoms with Gasteiger partial charge in [0.25, 0.3) is 0 Å². The van der Waals surface area contributed by atoms with Crippen LogP contribution in [0.15, 0.2) is 28.8 Å². The van der Waals surface area contributed by atoms with Gasteiger partial charge in [0.05, 0.1) is 0 Å². The van der Waals surface area contributed by atoms with Crippen LogP contribution in [0.25, 0.3) is 11.5 Å². The lowest BCUT2D eigenvalue weighted by atomic mass is 9.99. The number of aliphatic hydroxyl groups excluding tert-OH is 1. The number of benzene rings is 1. The highest BCUT2D eigenvalue weighted by atomic mass is 35.5. The zero-order chi connectivity index (χ0) is 24.2. The first-order valence-electron chi connectivity index (χ1n) is 11.9. The molecule has 1 fully saturated rings. The minimum absolute atomic E-state index is 0.0475. The van der Waals surface area contributed by atoms with Crippen LogP contribution >= 0.6 is 11.6 Å². The van der Waals surface area contributed by atoms with Crippen molar-refractivity contribution in [2.45, 2.75) is 71.3 Å². The quantitative estimate of drug-likeness (QED) is 0.381. The first-order valence-corrected chi connectivity index (χ1v) is 12.3. The summed E-state index contributed by atoms with van der Waals surface area (Å²) in [6, 6.07) is 7.57. The second-order valence-corrected chi connectivity index (χ2v) is 9.95. The first kappa shape index (κ1) is 24.4. The van der Waals surface area contributed by atoms with Gasteiger partial charge >= 0.3 is 0 Å². The Hall–Kier alpha value is -2.71. The lowest BCUT2D eigenvalue weighted by Crippen LogP contribution is -2.19. The molecule has 8 nitrogen and oxygen atoms in total. The van der Waals surface area contributed by atoms with Crippen LogP contribution in [-0.4, -0.2) is 37.5 Å². The molecule has 4 rings (SSSR count). The standard InChI is InChI=1S/C25H32ClN5O3/c1-15(2)4-8-20-14-22(30-34-20)25-29-28-24(31(25)19-6-7-19)17(10-11-32)13-23(33)27-21-9-5-18(26)12-16(21)3/h5,9,12,14-15,17,19,32H,4,6-8,10-11,13H2,1-3H3,(H,27,33)/t17-/m0/s1. The van der Waals surface area contributed by atoms with Crippen LogP contribution in [0, 0.1) is 12.8 Å². The van der Waals surface area contributed by atoms with Crippen molar-refractivity contribution in [3.63, 3.8) is 0 Å². The van der Waals surface area contributed by atoms with Gasteiger partial charge in [0.15, 0.2) is 11.5 Å². The molecule has 0 radical (unpaired) electrons. The summed E-state index contributed by atoms with van der Waals surface area (Å²) in [4.78, 5) is 12.9. The van der Waals surface area contributed by atoms with Gasteiger partial charge in [0.1, 0.15) is 11.6 Å². The number of carbonyl (C=O) groups excluding carboxylic acids is 1. The number of halogens is 1. The number of anilines is 1.